The van der Waals surface area contributed by atoms with Gasteiger partial charge in [0.15, 0.2) is 5.78 Å². The molecule has 1 aliphatic heterocycles. The van der Waals surface area contributed by atoms with Crippen LogP contribution in [0, 0.1) is 11.3 Å². The van der Waals surface area contributed by atoms with Gasteiger partial charge in [-0.25, -0.2) is 0 Å². The van der Waals surface area contributed by atoms with Crippen molar-refractivity contribution >= 4 is 5.78 Å². The Morgan fingerprint density at radius 2 is 2.13 bits per heavy atom. The van der Waals surface area contributed by atoms with Gasteiger partial charge in [0, 0.05) is 0 Å². The number of carbonyl (C=O) groups is 1. The number of allylic oxidation sites excluding steroid dienone is 2. The van der Waals surface area contributed by atoms with Gasteiger partial charge in [0.1, 0.15) is 0 Å². The van der Waals surface area contributed by atoms with Crippen molar-refractivity contribution in [1.82, 2.24) is 0 Å². The summed E-state index contributed by atoms with van der Waals surface area (Å²) in [6.07, 6.45) is 2.97. The molecule has 0 amide bonds. The first-order valence-electron chi connectivity index (χ1n) is 5.04. The molecule has 0 saturated heterocycles. The summed E-state index contributed by atoms with van der Waals surface area (Å²) in [6.45, 7) is 4.79. The fourth-order valence-electron chi connectivity index (χ4n) is 1.62. The number of nitriles is 1. The normalized spacial score (nSPS) is 18.3. The maximum absolute atomic E-state index is 11.0. The van der Waals surface area contributed by atoms with Crippen LogP contribution < -0.4 is 0 Å². The number of nitrogens with zero attached hydrogens (tertiary/aromatic N) is 1. The first-order valence-corrected chi connectivity index (χ1v) is 5.04. The topological polar surface area (TPSA) is 50.1 Å². The lowest BCUT2D eigenvalue weighted by molar-refractivity contribution is -0.112. The number of rotatable bonds is 2. The average Bonchev–Trinajstić information content (AvgIpc) is 2.39. The molecule has 0 bridgehead atoms. The zero-order valence-electron chi connectivity index (χ0n) is 9.17. The quantitative estimate of drug-likeness (QED) is 0.512. The Hall–Kier alpha value is -1.40. The van der Waals surface area contributed by atoms with Gasteiger partial charge >= 0.3 is 0 Å². The maximum Gasteiger partial charge on any atom is 0.153 e. The molecule has 80 valence electrons. The Morgan fingerprint density at radius 3 is 2.73 bits per heavy atom. The molecule has 0 spiro atoms. The minimum Gasteiger partial charge on any atom is -0.381 e. The summed E-state index contributed by atoms with van der Waals surface area (Å²) in [5, 5.41) is 8.99. The monoisotopic (exact) mass is 205 g/mol. The van der Waals surface area contributed by atoms with E-state index in [9.17, 15) is 4.79 Å². The summed E-state index contributed by atoms with van der Waals surface area (Å²) >= 11 is 0. The van der Waals surface area contributed by atoms with Crippen LogP contribution in [0.25, 0.3) is 0 Å². The van der Waals surface area contributed by atoms with Gasteiger partial charge in [0.05, 0.1) is 24.9 Å². The van der Waals surface area contributed by atoms with E-state index in [2.05, 4.69) is 6.07 Å². The van der Waals surface area contributed by atoms with E-state index in [4.69, 9.17) is 10.00 Å². The van der Waals surface area contributed by atoms with E-state index in [0.29, 0.717) is 18.8 Å². The number of carbonyl (C=O) groups excluding carboxylic acids is 1. The third-order valence-electron chi connectivity index (χ3n) is 2.43. The number of hydrogen-bond donors (Lipinski definition) is 0. The van der Waals surface area contributed by atoms with Crippen LogP contribution in [0.15, 0.2) is 22.8 Å². The number of ketones is 1. The Labute approximate surface area is 90.0 Å². The highest BCUT2D eigenvalue weighted by molar-refractivity contribution is 5.89. The molecule has 0 atom stereocenters. The molecule has 1 aliphatic rings. The highest BCUT2D eigenvalue weighted by atomic mass is 16.5. The van der Waals surface area contributed by atoms with Crippen molar-refractivity contribution < 1.29 is 9.53 Å². The van der Waals surface area contributed by atoms with Crippen LogP contribution in [-0.4, -0.2) is 19.0 Å². The Kier molecular flexibility index (Phi) is 4.26. The molecule has 0 aromatic heterocycles. The molecular formula is C12H15NO2. The summed E-state index contributed by atoms with van der Waals surface area (Å²) in [4.78, 5) is 11.0. The maximum atomic E-state index is 11.0. The van der Waals surface area contributed by atoms with E-state index in [0.717, 1.165) is 24.0 Å². The van der Waals surface area contributed by atoms with Crippen molar-refractivity contribution in [1.29, 1.82) is 5.26 Å². The minimum atomic E-state index is -0.0861. The van der Waals surface area contributed by atoms with E-state index in [1.807, 2.05) is 6.92 Å². The third kappa shape index (κ3) is 3.34. The Morgan fingerprint density at radius 1 is 1.47 bits per heavy atom. The predicted molar refractivity (Wildman–Crippen MR) is 57.1 cm³/mol. The second-order valence-electron chi connectivity index (χ2n) is 3.65. The number of ether oxygens (including phenoxy) is 1. The van der Waals surface area contributed by atoms with E-state index in [1.165, 1.54) is 13.0 Å². The molecule has 15 heavy (non-hydrogen) atoms. The van der Waals surface area contributed by atoms with Crippen molar-refractivity contribution in [3.63, 3.8) is 0 Å². The zero-order valence-corrected chi connectivity index (χ0v) is 9.17. The Balaban J connectivity index is 3.02. The highest BCUT2D eigenvalue weighted by Gasteiger charge is 2.12. The molecule has 0 N–H and O–H groups in total. The van der Waals surface area contributed by atoms with Crippen molar-refractivity contribution in [3.05, 3.63) is 22.8 Å². The fraction of sp³-hybridized carbons (Fsp3) is 0.500. The molecular weight excluding hydrogens is 190 g/mol. The lowest BCUT2D eigenvalue weighted by Crippen LogP contribution is -1.96. The van der Waals surface area contributed by atoms with Gasteiger partial charge < -0.3 is 4.74 Å². The van der Waals surface area contributed by atoms with Gasteiger partial charge in [0.2, 0.25) is 0 Å². The first-order chi connectivity index (χ1) is 7.15. The van der Waals surface area contributed by atoms with E-state index >= 15 is 0 Å². The molecule has 0 aliphatic carbocycles. The van der Waals surface area contributed by atoms with E-state index in [1.54, 1.807) is 0 Å². The molecule has 3 heteroatoms. The standard InChI is InChI=1S/C12H15NO2/c1-9-3-5-15-6-4-12(9)11(8-13)7-10(2)14/h7H,3-6H2,1-2H3/b11-7-. The lowest BCUT2D eigenvalue weighted by atomic mass is 9.97. The molecule has 1 rings (SSSR count). The molecule has 0 unspecified atom stereocenters. The number of hydrogen-bond acceptors (Lipinski definition) is 3. The highest BCUT2D eigenvalue weighted by Crippen LogP contribution is 2.23. The molecule has 3 nitrogen and oxygen atoms in total. The molecule has 0 aromatic rings. The smallest absolute Gasteiger partial charge is 0.153 e. The van der Waals surface area contributed by atoms with Crippen LogP contribution in [0.2, 0.25) is 0 Å². The summed E-state index contributed by atoms with van der Waals surface area (Å²) in [7, 11) is 0. The second-order valence-corrected chi connectivity index (χ2v) is 3.65. The van der Waals surface area contributed by atoms with Crippen molar-refractivity contribution in [3.8, 4) is 6.07 Å². The van der Waals surface area contributed by atoms with Gasteiger partial charge in [-0.2, -0.15) is 5.26 Å². The molecule has 0 fully saturated rings. The molecule has 0 saturated carbocycles. The average molecular weight is 205 g/mol. The minimum absolute atomic E-state index is 0.0861. The SMILES string of the molecule is CC(=O)/C=C(/C#N)C1=C(C)CCOCC1. The van der Waals surface area contributed by atoms with Gasteiger partial charge in [-0.3, -0.25) is 4.79 Å². The fourth-order valence-corrected chi connectivity index (χ4v) is 1.62. The molecule has 0 radical (unpaired) electrons. The van der Waals surface area contributed by atoms with Gasteiger partial charge in [-0.1, -0.05) is 5.57 Å². The van der Waals surface area contributed by atoms with Crippen LogP contribution in [0.3, 0.4) is 0 Å². The first kappa shape index (κ1) is 11.7. The van der Waals surface area contributed by atoms with Crippen molar-refractivity contribution in [2.75, 3.05) is 13.2 Å². The van der Waals surface area contributed by atoms with Crippen LogP contribution in [0.4, 0.5) is 0 Å². The van der Waals surface area contributed by atoms with E-state index < -0.39 is 0 Å². The van der Waals surface area contributed by atoms with Crippen molar-refractivity contribution in [2.24, 2.45) is 0 Å². The van der Waals surface area contributed by atoms with Gasteiger partial charge in [-0.05, 0) is 38.3 Å². The largest absolute Gasteiger partial charge is 0.381 e. The Bertz CT molecular complexity index is 358. The van der Waals surface area contributed by atoms with Gasteiger partial charge in [-0.15, -0.1) is 0 Å². The second kappa shape index (κ2) is 5.47. The molecule has 0 aromatic carbocycles. The predicted octanol–water partition coefficient (Wildman–Crippen LogP) is 2.15. The summed E-state index contributed by atoms with van der Waals surface area (Å²) in [5.41, 5.74) is 2.62. The summed E-state index contributed by atoms with van der Waals surface area (Å²) in [6, 6.07) is 2.09. The van der Waals surface area contributed by atoms with Crippen LogP contribution in [-0.2, 0) is 9.53 Å². The lowest BCUT2D eigenvalue weighted by Gasteiger charge is -2.06. The zero-order chi connectivity index (χ0) is 11.3. The van der Waals surface area contributed by atoms with Crippen LogP contribution >= 0.6 is 0 Å². The summed E-state index contributed by atoms with van der Waals surface area (Å²) in [5.74, 6) is -0.0861. The summed E-state index contributed by atoms with van der Waals surface area (Å²) < 4.78 is 5.33. The van der Waals surface area contributed by atoms with Crippen molar-refractivity contribution in [2.45, 2.75) is 26.7 Å². The molecule has 1 heterocycles. The third-order valence-corrected chi connectivity index (χ3v) is 2.43. The van der Waals surface area contributed by atoms with Crippen LogP contribution in [0.5, 0.6) is 0 Å². The van der Waals surface area contributed by atoms with Gasteiger partial charge in [0.25, 0.3) is 0 Å². The van der Waals surface area contributed by atoms with E-state index in [-0.39, 0.29) is 5.78 Å². The van der Waals surface area contributed by atoms with Crippen LogP contribution in [0.1, 0.15) is 26.7 Å².